The maximum absolute atomic E-state index is 2.67. The molecule has 4 atom stereocenters. The van der Waals surface area contributed by atoms with Gasteiger partial charge in [0.05, 0.1) is 0 Å². The Balaban J connectivity index is 1.63. The van der Waals surface area contributed by atoms with Crippen molar-refractivity contribution >= 4 is 17.3 Å². The summed E-state index contributed by atoms with van der Waals surface area (Å²) in [5.74, 6) is 0.634. The van der Waals surface area contributed by atoms with E-state index < -0.39 is 0 Å². The Morgan fingerprint density at radius 3 is 2.25 bits per heavy atom. The molecule has 0 saturated carbocycles. The second-order valence-electron chi connectivity index (χ2n) is 8.67. The summed E-state index contributed by atoms with van der Waals surface area (Å²) >= 11 is 2.10. The molecule has 2 aliphatic rings. The van der Waals surface area contributed by atoms with E-state index in [1.807, 2.05) is 0 Å². The van der Waals surface area contributed by atoms with Crippen molar-refractivity contribution in [3.63, 3.8) is 0 Å². The number of thioether (sulfide) groups is 1. The lowest BCUT2D eigenvalue weighted by atomic mass is 9.80. The van der Waals surface area contributed by atoms with Gasteiger partial charge >= 0.3 is 0 Å². The van der Waals surface area contributed by atoms with Crippen molar-refractivity contribution < 1.29 is 0 Å². The van der Waals surface area contributed by atoms with Gasteiger partial charge in [0, 0.05) is 28.1 Å². The van der Waals surface area contributed by atoms with Crippen LogP contribution in [0.4, 0.5) is 0 Å². The molecule has 2 bridgehead atoms. The number of likely N-dealkylation sites (N-methyl/N-ethyl adjacent to an activating group) is 1. The lowest BCUT2D eigenvalue weighted by molar-refractivity contribution is 0.212. The van der Waals surface area contributed by atoms with E-state index in [9.17, 15) is 0 Å². The molecule has 4 rings (SSSR count). The van der Waals surface area contributed by atoms with Crippen LogP contribution in [-0.4, -0.2) is 29.3 Å². The van der Waals surface area contributed by atoms with E-state index >= 15 is 0 Å². The number of benzene rings is 2. The van der Waals surface area contributed by atoms with Crippen molar-refractivity contribution in [1.29, 1.82) is 0 Å². The number of fused-ring (bicyclic) bond motifs is 2. The molecule has 2 aliphatic heterocycles. The fourth-order valence-electron chi connectivity index (χ4n) is 4.99. The summed E-state index contributed by atoms with van der Waals surface area (Å²) in [7, 11) is 2.35. The molecule has 2 aromatic rings. The van der Waals surface area contributed by atoms with Crippen LogP contribution in [0.25, 0.3) is 5.57 Å². The molecule has 28 heavy (non-hydrogen) atoms. The van der Waals surface area contributed by atoms with Crippen LogP contribution >= 0.6 is 11.8 Å². The van der Waals surface area contributed by atoms with Crippen LogP contribution in [0, 0.1) is 19.8 Å². The smallest absolute Gasteiger partial charge is 0.0296 e. The molecule has 1 saturated heterocycles. The molecule has 0 unspecified atom stereocenters. The third-order valence-electron chi connectivity index (χ3n) is 6.59. The molecule has 0 aliphatic carbocycles. The number of rotatable bonds is 6. The van der Waals surface area contributed by atoms with Crippen LogP contribution in [0.15, 0.2) is 59.5 Å². The molecule has 2 heteroatoms. The van der Waals surface area contributed by atoms with Gasteiger partial charge in [0.15, 0.2) is 0 Å². The summed E-state index contributed by atoms with van der Waals surface area (Å²) in [6.07, 6.45) is 7.73. The van der Waals surface area contributed by atoms with E-state index in [1.165, 1.54) is 47.3 Å². The van der Waals surface area contributed by atoms with Gasteiger partial charge in [0.25, 0.3) is 0 Å². The average molecular weight is 392 g/mol. The molecule has 148 valence electrons. The molecule has 0 radical (unpaired) electrons. The third kappa shape index (κ3) is 3.95. The van der Waals surface area contributed by atoms with Crippen molar-refractivity contribution in [3.8, 4) is 0 Å². The SMILES string of the molecule is CCCC[C@H]1C(c2ccc(C)cc2)=C[C@@H]2C[C@@H](Sc3ccc(C)cc3)[C@H]1N2C. The first-order valence-corrected chi connectivity index (χ1v) is 11.7. The van der Waals surface area contributed by atoms with Gasteiger partial charge in [-0.3, -0.25) is 4.90 Å². The summed E-state index contributed by atoms with van der Waals surface area (Å²) < 4.78 is 0. The summed E-state index contributed by atoms with van der Waals surface area (Å²) in [5.41, 5.74) is 5.73. The van der Waals surface area contributed by atoms with Crippen LogP contribution in [0.2, 0.25) is 0 Å². The van der Waals surface area contributed by atoms with Gasteiger partial charge in [0.1, 0.15) is 0 Å². The zero-order valence-electron chi connectivity index (χ0n) is 17.7. The highest BCUT2D eigenvalue weighted by atomic mass is 32.2. The summed E-state index contributed by atoms with van der Waals surface area (Å²) in [6.45, 7) is 6.67. The minimum absolute atomic E-state index is 0.571. The third-order valence-corrected chi connectivity index (χ3v) is 7.91. The molecule has 0 N–H and O–H groups in total. The number of aryl methyl sites for hydroxylation is 2. The molecule has 0 spiro atoms. The highest BCUT2D eigenvalue weighted by Gasteiger charge is 2.47. The standard InChI is InChI=1S/C26H33NS/c1-5-6-7-23-24(20-12-8-18(2)9-13-20)16-21-17-25(26(23)27(21)4)28-22-14-10-19(3)11-15-22/h8-16,21,23,25-26H,5-7,17H2,1-4H3/t21-,23+,25-,26+/m1/s1. The van der Waals surface area contributed by atoms with E-state index in [0.29, 0.717) is 23.3 Å². The van der Waals surface area contributed by atoms with Crippen molar-refractivity contribution in [2.24, 2.45) is 5.92 Å². The van der Waals surface area contributed by atoms with Crippen LogP contribution < -0.4 is 0 Å². The molecule has 2 aromatic carbocycles. The summed E-state index contributed by atoms with van der Waals surface area (Å²) in [4.78, 5) is 4.09. The second kappa shape index (κ2) is 8.47. The zero-order chi connectivity index (χ0) is 19.7. The Labute approximate surface area is 175 Å². The highest BCUT2D eigenvalue weighted by Crippen LogP contribution is 2.49. The van der Waals surface area contributed by atoms with Crippen LogP contribution in [0.1, 0.15) is 49.3 Å². The second-order valence-corrected chi connectivity index (χ2v) is 9.98. The number of unbranched alkanes of at least 4 members (excludes halogenated alkanes) is 1. The minimum atomic E-state index is 0.571. The fraction of sp³-hybridized carbons (Fsp3) is 0.462. The first-order chi connectivity index (χ1) is 13.6. The molecule has 0 amide bonds. The first kappa shape index (κ1) is 19.8. The minimum Gasteiger partial charge on any atom is -0.295 e. The molecule has 2 heterocycles. The zero-order valence-corrected chi connectivity index (χ0v) is 18.5. The first-order valence-electron chi connectivity index (χ1n) is 10.8. The van der Waals surface area contributed by atoms with Gasteiger partial charge in [-0.05, 0) is 57.0 Å². The Bertz CT molecular complexity index is 821. The Kier molecular flexibility index (Phi) is 5.99. The van der Waals surface area contributed by atoms with Gasteiger partial charge in [-0.2, -0.15) is 0 Å². The van der Waals surface area contributed by atoms with E-state index in [4.69, 9.17) is 0 Å². The van der Waals surface area contributed by atoms with Gasteiger partial charge in [-0.15, -0.1) is 11.8 Å². The number of hydrogen-bond acceptors (Lipinski definition) is 2. The van der Waals surface area contributed by atoms with Crippen LogP contribution in [0.3, 0.4) is 0 Å². The fourth-order valence-corrected chi connectivity index (χ4v) is 6.44. The van der Waals surface area contributed by atoms with Crippen molar-refractivity contribution in [3.05, 3.63) is 71.3 Å². The van der Waals surface area contributed by atoms with E-state index in [1.54, 1.807) is 5.57 Å². The van der Waals surface area contributed by atoms with Gasteiger partial charge in [-0.1, -0.05) is 73.4 Å². The summed E-state index contributed by atoms with van der Waals surface area (Å²) in [6, 6.07) is 19.5. The lowest BCUT2D eigenvalue weighted by Crippen LogP contribution is -2.43. The quantitative estimate of drug-likeness (QED) is 0.536. The molecule has 1 fully saturated rings. The van der Waals surface area contributed by atoms with Crippen molar-refractivity contribution in [1.82, 2.24) is 4.90 Å². The molecule has 0 aromatic heterocycles. The highest BCUT2D eigenvalue weighted by molar-refractivity contribution is 8.00. The summed E-state index contributed by atoms with van der Waals surface area (Å²) in [5, 5.41) is 0.666. The Hall–Kier alpha value is -1.51. The lowest BCUT2D eigenvalue weighted by Gasteiger charge is -2.39. The number of nitrogens with zero attached hydrogens (tertiary/aromatic N) is 1. The van der Waals surface area contributed by atoms with E-state index in [2.05, 4.69) is 99.1 Å². The van der Waals surface area contributed by atoms with Crippen molar-refractivity contribution in [2.45, 2.75) is 68.7 Å². The maximum Gasteiger partial charge on any atom is 0.0296 e. The maximum atomic E-state index is 2.67. The van der Waals surface area contributed by atoms with Gasteiger partial charge in [-0.25, -0.2) is 0 Å². The van der Waals surface area contributed by atoms with E-state index in [-0.39, 0.29) is 0 Å². The van der Waals surface area contributed by atoms with Gasteiger partial charge < -0.3 is 0 Å². The van der Waals surface area contributed by atoms with Gasteiger partial charge in [0.2, 0.25) is 0 Å². The number of hydrogen-bond donors (Lipinski definition) is 0. The largest absolute Gasteiger partial charge is 0.295 e. The average Bonchev–Trinajstić information content (AvgIpc) is 2.89. The van der Waals surface area contributed by atoms with Crippen LogP contribution in [0.5, 0.6) is 0 Å². The van der Waals surface area contributed by atoms with Crippen molar-refractivity contribution in [2.75, 3.05) is 7.05 Å². The van der Waals surface area contributed by atoms with Crippen LogP contribution in [-0.2, 0) is 0 Å². The topological polar surface area (TPSA) is 3.24 Å². The predicted octanol–water partition coefficient (Wildman–Crippen LogP) is 6.74. The molecular formula is C26H33NS. The normalized spacial score (nSPS) is 27.1. The monoisotopic (exact) mass is 391 g/mol. The Morgan fingerprint density at radius 1 is 0.964 bits per heavy atom. The Morgan fingerprint density at radius 2 is 1.61 bits per heavy atom. The predicted molar refractivity (Wildman–Crippen MR) is 123 cm³/mol. The van der Waals surface area contributed by atoms with E-state index in [0.717, 1.165) is 0 Å². The molecule has 1 nitrogen and oxygen atoms in total. The molecular weight excluding hydrogens is 358 g/mol.